The summed E-state index contributed by atoms with van der Waals surface area (Å²) < 4.78 is 0. The Hall–Kier alpha value is -1.30. The van der Waals surface area contributed by atoms with Crippen molar-refractivity contribution in [2.45, 2.75) is 45.9 Å². The SMILES string of the molecule is CC(C)N(CC#CC(C)(C)O)Cc1ccccc1. The number of rotatable bonds is 4. The first-order valence-electron chi connectivity index (χ1n) is 6.39. The van der Waals surface area contributed by atoms with Crippen molar-refractivity contribution in [3.63, 3.8) is 0 Å². The fraction of sp³-hybridized carbons (Fsp3) is 0.500. The number of hydrogen-bond donors (Lipinski definition) is 1. The van der Waals surface area contributed by atoms with Crippen molar-refractivity contribution in [2.24, 2.45) is 0 Å². The first-order valence-corrected chi connectivity index (χ1v) is 6.39. The molecule has 0 spiro atoms. The standard InChI is InChI=1S/C16H23NO/c1-14(2)17(12-8-11-16(3,4)18)13-15-9-6-5-7-10-15/h5-7,9-10,14,18H,12-13H2,1-4H3. The van der Waals surface area contributed by atoms with Gasteiger partial charge in [-0.05, 0) is 33.3 Å². The highest BCUT2D eigenvalue weighted by atomic mass is 16.3. The van der Waals surface area contributed by atoms with Crippen molar-refractivity contribution in [1.82, 2.24) is 4.90 Å². The van der Waals surface area contributed by atoms with E-state index in [2.05, 4.69) is 54.9 Å². The summed E-state index contributed by atoms with van der Waals surface area (Å²) in [5.74, 6) is 5.91. The van der Waals surface area contributed by atoms with Gasteiger partial charge < -0.3 is 5.11 Å². The molecule has 0 atom stereocenters. The highest BCUT2D eigenvalue weighted by molar-refractivity contribution is 5.16. The predicted molar refractivity (Wildman–Crippen MR) is 76.1 cm³/mol. The van der Waals surface area contributed by atoms with Crippen LogP contribution in [0.25, 0.3) is 0 Å². The Balaban J connectivity index is 2.64. The third-order valence-electron chi connectivity index (χ3n) is 2.64. The van der Waals surface area contributed by atoms with Crippen LogP contribution in [0.2, 0.25) is 0 Å². The molecular weight excluding hydrogens is 222 g/mol. The normalized spacial score (nSPS) is 11.5. The molecule has 98 valence electrons. The lowest BCUT2D eigenvalue weighted by atomic mass is 10.1. The maximum Gasteiger partial charge on any atom is 0.120 e. The quantitative estimate of drug-likeness (QED) is 0.824. The van der Waals surface area contributed by atoms with E-state index in [1.54, 1.807) is 13.8 Å². The van der Waals surface area contributed by atoms with Crippen molar-refractivity contribution in [1.29, 1.82) is 0 Å². The Morgan fingerprint density at radius 1 is 1.22 bits per heavy atom. The molecule has 0 saturated heterocycles. The average molecular weight is 245 g/mol. The second kappa shape index (κ2) is 6.58. The molecular formula is C16H23NO. The molecule has 0 bridgehead atoms. The van der Waals surface area contributed by atoms with Crippen LogP contribution in [0.5, 0.6) is 0 Å². The van der Waals surface area contributed by atoms with Crippen molar-refractivity contribution < 1.29 is 5.11 Å². The number of aliphatic hydroxyl groups is 1. The van der Waals surface area contributed by atoms with E-state index in [0.717, 1.165) is 6.54 Å². The maximum atomic E-state index is 9.57. The molecule has 0 heterocycles. The molecule has 1 rings (SSSR count). The Labute approximate surface area is 111 Å². The lowest BCUT2D eigenvalue weighted by molar-refractivity contribution is 0.143. The van der Waals surface area contributed by atoms with Crippen LogP contribution in [-0.2, 0) is 6.54 Å². The van der Waals surface area contributed by atoms with E-state index < -0.39 is 5.60 Å². The summed E-state index contributed by atoms with van der Waals surface area (Å²) in [5.41, 5.74) is 0.381. The summed E-state index contributed by atoms with van der Waals surface area (Å²) >= 11 is 0. The maximum absolute atomic E-state index is 9.57. The molecule has 0 radical (unpaired) electrons. The van der Waals surface area contributed by atoms with E-state index in [0.29, 0.717) is 12.6 Å². The van der Waals surface area contributed by atoms with Gasteiger partial charge in [-0.1, -0.05) is 42.2 Å². The van der Waals surface area contributed by atoms with Gasteiger partial charge in [0.05, 0.1) is 6.54 Å². The van der Waals surface area contributed by atoms with Gasteiger partial charge in [-0.2, -0.15) is 0 Å². The molecule has 2 nitrogen and oxygen atoms in total. The number of nitrogens with zero attached hydrogens (tertiary/aromatic N) is 1. The summed E-state index contributed by atoms with van der Waals surface area (Å²) in [4.78, 5) is 2.29. The lowest BCUT2D eigenvalue weighted by Gasteiger charge is -2.24. The van der Waals surface area contributed by atoms with Crippen molar-refractivity contribution in [2.75, 3.05) is 6.54 Å². The van der Waals surface area contributed by atoms with Gasteiger partial charge in [-0.3, -0.25) is 4.90 Å². The van der Waals surface area contributed by atoms with Gasteiger partial charge in [0.25, 0.3) is 0 Å². The van der Waals surface area contributed by atoms with E-state index in [9.17, 15) is 5.11 Å². The zero-order chi connectivity index (χ0) is 13.6. The highest BCUT2D eigenvalue weighted by Gasteiger charge is 2.10. The summed E-state index contributed by atoms with van der Waals surface area (Å²) in [6, 6.07) is 10.8. The number of hydrogen-bond acceptors (Lipinski definition) is 2. The largest absolute Gasteiger partial charge is 0.378 e. The minimum absolute atomic E-state index is 0.432. The molecule has 0 aliphatic carbocycles. The first kappa shape index (κ1) is 14.8. The molecule has 1 aromatic carbocycles. The van der Waals surface area contributed by atoms with Gasteiger partial charge in [-0.15, -0.1) is 0 Å². The Kier molecular flexibility index (Phi) is 5.40. The zero-order valence-electron chi connectivity index (χ0n) is 11.8. The van der Waals surface area contributed by atoms with Crippen LogP contribution in [0, 0.1) is 11.8 Å². The summed E-state index contributed by atoms with van der Waals surface area (Å²) in [7, 11) is 0. The van der Waals surface area contributed by atoms with Crippen molar-refractivity contribution >= 4 is 0 Å². The molecule has 0 aliphatic heterocycles. The van der Waals surface area contributed by atoms with Crippen LogP contribution in [0.3, 0.4) is 0 Å². The van der Waals surface area contributed by atoms with Gasteiger partial charge >= 0.3 is 0 Å². The zero-order valence-corrected chi connectivity index (χ0v) is 11.8. The van der Waals surface area contributed by atoms with Crippen LogP contribution in [0.4, 0.5) is 0 Å². The van der Waals surface area contributed by atoms with Gasteiger partial charge in [0, 0.05) is 12.6 Å². The molecule has 0 aromatic heterocycles. The monoisotopic (exact) mass is 245 g/mol. The molecule has 1 N–H and O–H groups in total. The Morgan fingerprint density at radius 3 is 2.33 bits per heavy atom. The van der Waals surface area contributed by atoms with Gasteiger partial charge in [0.2, 0.25) is 0 Å². The van der Waals surface area contributed by atoms with Crippen molar-refractivity contribution in [3.8, 4) is 11.8 Å². The minimum Gasteiger partial charge on any atom is -0.378 e. The van der Waals surface area contributed by atoms with E-state index >= 15 is 0 Å². The van der Waals surface area contributed by atoms with Crippen LogP contribution in [0.1, 0.15) is 33.3 Å². The predicted octanol–water partition coefficient (Wildman–Crippen LogP) is 2.67. The fourth-order valence-corrected chi connectivity index (χ4v) is 1.60. The van der Waals surface area contributed by atoms with Gasteiger partial charge in [-0.25, -0.2) is 0 Å². The third kappa shape index (κ3) is 5.86. The van der Waals surface area contributed by atoms with Crippen LogP contribution in [-0.4, -0.2) is 28.2 Å². The first-order chi connectivity index (χ1) is 8.38. The second-order valence-corrected chi connectivity index (χ2v) is 5.35. The summed E-state index contributed by atoms with van der Waals surface area (Å²) in [5, 5.41) is 9.57. The van der Waals surface area contributed by atoms with Gasteiger partial charge in [0.1, 0.15) is 5.60 Å². The third-order valence-corrected chi connectivity index (χ3v) is 2.64. The van der Waals surface area contributed by atoms with E-state index in [1.807, 2.05) is 6.07 Å². The van der Waals surface area contributed by atoms with Gasteiger partial charge in [0.15, 0.2) is 0 Å². The summed E-state index contributed by atoms with van der Waals surface area (Å²) in [6.45, 7) is 9.30. The topological polar surface area (TPSA) is 23.5 Å². The van der Waals surface area contributed by atoms with Crippen LogP contribution < -0.4 is 0 Å². The molecule has 0 fully saturated rings. The van der Waals surface area contributed by atoms with Crippen molar-refractivity contribution in [3.05, 3.63) is 35.9 Å². The molecule has 18 heavy (non-hydrogen) atoms. The molecule has 0 amide bonds. The molecule has 2 heteroatoms. The van der Waals surface area contributed by atoms with E-state index in [-0.39, 0.29) is 0 Å². The highest BCUT2D eigenvalue weighted by Crippen LogP contribution is 2.07. The molecule has 0 aliphatic rings. The van der Waals surface area contributed by atoms with Crippen LogP contribution in [0.15, 0.2) is 30.3 Å². The fourth-order valence-electron chi connectivity index (χ4n) is 1.60. The number of benzene rings is 1. The molecule has 0 saturated carbocycles. The lowest BCUT2D eigenvalue weighted by Crippen LogP contribution is -2.31. The second-order valence-electron chi connectivity index (χ2n) is 5.35. The minimum atomic E-state index is -0.907. The van der Waals surface area contributed by atoms with E-state index in [4.69, 9.17) is 0 Å². The Morgan fingerprint density at radius 2 is 1.83 bits per heavy atom. The average Bonchev–Trinajstić information content (AvgIpc) is 2.27. The smallest absolute Gasteiger partial charge is 0.120 e. The summed E-state index contributed by atoms with van der Waals surface area (Å²) in [6.07, 6.45) is 0. The van der Waals surface area contributed by atoms with E-state index in [1.165, 1.54) is 5.56 Å². The Bertz CT molecular complexity index is 406. The molecule has 0 unspecified atom stereocenters. The van der Waals surface area contributed by atoms with Crippen LogP contribution >= 0.6 is 0 Å². The molecule has 1 aromatic rings.